The van der Waals surface area contributed by atoms with Gasteiger partial charge in [-0.05, 0) is 55.4 Å². The summed E-state index contributed by atoms with van der Waals surface area (Å²) in [4.78, 5) is 0.376. The van der Waals surface area contributed by atoms with Crippen molar-refractivity contribution in [2.45, 2.75) is 49.1 Å². The molecule has 4 rings (SSSR count). The minimum Gasteiger partial charge on any atom is -0.493 e. The first-order chi connectivity index (χ1) is 12.1. The zero-order valence-corrected chi connectivity index (χ0v) is 15.2. The summed E-state index contributed by atoms with van der Waals surface area (Å²) in [5.41, 5.74) is 7.19. The van der Waals surface area contributed by atoms with Crippen molar-refractivity contribution >= 4 is 10.0 Å². The molecule has 3 aliphatic rings. The highest BCUT2D eigenvalue weighted by Gasteiger charge is 2.36. The summed E-state index contributed by atoms with van der Waals surface area (Å²) in [6, 6.07) is 5.28. The normalized spacial score (nSPS) is 28.5. The standard InChI is InChI=1S/C18H26N2O4S/c19-16-2-1-10-24-18(16)13-5-8-20(9-6-13)25(21,22)15-3-4-17-14(12-15)7-11-23-17/h3-4,12-13,16,18H,1-2,5-11,19H2. The van der Waals surface area contributed by atoms with E-state index in [1.165, 1.54) is 0 Å². The molecular weight excluding hydrogens is 340 g/mol. The van der Waals surface area contributed by atoms with Crippen molar-refractivity contribution in [2.24, 2.45) is 11.7 Å². The van der Waals surface area contributed by atoms with Crippen LogP contribution in [0.2, 0.25) is 0 Å². The van der Waals surface area contributed by atoms with E-state index in [0.717, 1.165) is 50.0 Å². The molecule has 7 heteroatoms. The van der Waals surface area contributed by atoms with Crippen molar-refractivity contribution in [3.8, 4) is 5.75 Å². The molecule has 2 N–H and O–H groups in total. The summed E-state index contributed by atoms with van der Waals surface area (Å²) in [6.45, 7) is 2.47. The number of fused-ring (bicyclic) bond motifs is 1. The second-order valence-electron chi connectivity index (χ2n) is 7.25. The molecule has 2 unspecified atom stereocenters. The van der Waals surface area contributed by atoms with Crippen LogP contribution in [0, 0.1) is 5.92 Å². The fraction of sp³-hybridized carbons (Fsp3) is 0.667. The Morgan fingerprint density at radius 2 is 1.92 bits per heavy atom. The number of nitrogens with two attached hydrogens (primary N) is 1. The van der Waals surface area contributed by atoms with Gasteiger partial charge >= 0.3 is 0 Å². The average molecular weight is 366 g/mol. The SMILES string of the molecule is NC1CCCOC1C1CCN(S(=O)(=O)c2ccc3c(c2)CCO3)CC1. The fourth-order valence-electron chi connectivity index (χ4n) is 4.23. The summed E-state index contributed by atoms with van der Waals surface area (Å²) in [6.07, 6.45) is 4.50. The van der Waals surface area contributed by atoms with Crippen LogP contribution in [0.3, 0.4) is 0 Å². The Balaban J connectivity index is 1.44. The quantitative estimate of drug-likeness (QED) is 0.877. The molecule has 1 aromatic carbocycles. The molecule has 0 aliphatic carbocycles. The first-order valence-corrected chi connectivity index (χ1v) is 10.6. The van der Waals surface area contributed by atoms with Crippen LogP contribution in [0.4, 0.5) is 0 Å². The highest BCUT2D eigenvalue weighted by molar-refractivity contribution is 7.89. The van der Waals surface area contributed by atoms with Crippen LogP contribution in [0.15, 0.2) is 23.1 Å². The van der Waals surface area contributed by atoms with E-state index in [4.69, 9.17) is 15.2 Å². The summed E-state index contributed by atoms with van der Waals surface area (Å²) < 4.78 is 38.9. The summed E-state index contributed by atoms with van der Waals surface area (Å²) in [5, 5.41) is 0. The molecular formula is C18H26N2O4S. The Morgan fingerprint density at radius 1 is 1.12 bits per heavy atom. The second kappa shape index (κ2) is 6.87. The minimum absolute atomic E-state index is 0.0794. The maximum atomic E-state index is 13.0. The van der Waals surface area contributed by atoms with E-state index in [2.05, 4.69) is 0 Å². The highest BCUT2D eigenvalue weighted by Crippen LogP contribution is 2.32. The molecule has 138 valence electrons. The molecule has 0 spiro atoms. The van der Waals surface area contributed by atoms with Crippen LogP contribution in [-0.4, -0.2) is 51.2 Å². The third-order valence-corrected chi connectivity index (χ3v) is 7.57. The van der Waals surface area contributed by atoms with Gasteiger partial charge in [-0.3, -0.25) is 0 Å². The van der Waals surface area contributed by atoms with Gasteiger partial charge in [0.2, 0.25) is 10.0 Å². The third kappa shape index (κ3) is 3.30. The van der Waals surface area contributed by atoms with Crippen LogP contribution in [0.1, 0.15) is 31.2 Å². The molecule has 3 heterocycles. The Morgan fingerprint density at radius 3 is 2.68 bits per heavy atom. The zero-order chi connectivity index (χ0) is 17.4. The number of nitrogens with zero attached hydrogens (tertiary/aromatic N) is 1. The molecule has 0 radical (unpaired) electrons. The largest absolute Gasteiger partial charge is 0.493 e. The Labute approximate surface area is 149 Å². The van der Waals surface area contributed by atoms with Crippen molar-refractivity contribution in [2.75, 3.05) is 26.3 Å². The van der Waals surface area contributed by atoms with E-state index in [1.54, 1.807) is 22.5 Å². The Hall–Kier alpha value is -1.15. The fourth-order valence-corrected chi connectivity index (χ4v) is 5.75. The van der Waals surface area contributed by atoms with Gasteiger partial charge in [0, 0.05) is 32.2 Å². The van der Waals surface area contributed by atoms with Gasteiger partial charge in [0.05, 0.1) is 17.6 Å². The smallest absolute Gasteiger partial charge is 0.243 e. The van der Waals surface area contributed by atoms with Crippen molar-refractivity contribution in [3.05, 3.63) is 23.8 Å². The summed E-state index contributed by atoms with van der Waals surface area (Å²) in [7, 11) is -3.45. The molecule has 2 atom stereocenters. The first-order valence-electron chi connectivity index (χ1n) is 9.19. The highest BCUT2D eigenvalue weighted by atomic mass is 32.2. The van der Waals surface area contributed by atoms with Crippen molar-refractivity contribution < 1.29 is 17.9 Å². The van der Waals surface area contributed by atoms with E-state index in [1.807, 2.05) is 0 Å². The molecule has 25 heavy (non-hydrogen) atoms. The lowest BCUT2D eigenvalue weighted by Crippen LogP contribution is -2.49. The number of sulfonamides is 1. The van der Waals surface area contributed by atoms with Crippen molar-refractivity contribution in [3.63, 3.8) is 0 Å². The van der Waals surface area contributed by atoms with Gasteiger partial charge in [-0.2, -0.15) is 4.31 Å². The van der Waals surface area contributed by atoms with Crippen LogP contribution in [-0.2, 0) is 21.2 Å². The maximum Gasteiger partial charge on any atom is 0.243 e. The van der Waals surface area contributed by atoms with Crippen molar-refractivity contribution in [1.29, 1.82) is 0 Å². The summed E-state index contributed by atoms with van der Waals surface area (Å²) in [5.74, 6) is 1.16. The van der Waals surface area contributed by atoms with E-state index in [0.29, 0.717) is 30.5 Å². The monoisotopic (exact) mass is 366 g/mol. The number of benzene rings is 1. The minimum atomic E-state index is -3.45. The predicted octanol–water partition coefficient (Wildman–Crippen LogP) is 1.53. The lowest BCUT2D eigenvalue weighted by atomic mass is 9.85. The number of ether oxygens (including phenoxy) is 2. The topological polar surface area (TPSA) is 81.9 Å². The van der Waals surface area contributed by atoms with Crippen LogP contribution < -0.4 is 10.5 Å². The lowest BCUT2D eigenvalue weighted by molar-refractivity contribution is -0.0453. The molecule has 0 bridgehead atoms. The molecule has 2 fully saturated rings. The van der Waals surface area contributed by atoms with E-state index in [9.17, 15) is 8.42 Å². The molecule has 0 aromatic heterocycles. The van der Waals surface area contributed by atoms with Gasteiger partial charge in [0.15, 0.2) is 0 Å². The zero-order valence-electron chi connectivity index (χ0n) is 14.4. The average Bonchev–Trinajstić information content (AvgIpc) is 3.10. The van der Waals surface area contributed by atoms with Gasteiger partial charge < -0.3 is 15.2 Å². The van der Waals surface area contributed by atoms with E-state index < -0.39 is 10.0 Å². The molecule has 0 amide bonds. The predicted molar refractivity (Wildman–Crippen MR) is 94.1 cm³/mol. The van der Waals surface area contributed by atoms with Crippen molar-refractivity contribution in [1.82, 2.24) is 4.31 Å². The first kappa shape index (κ1) is 17.3. The number of piperidine rings is 1. The van der Waals surface area contributed by atoms with Gasteiger partial charge in [0.1, 0.15) is 5.75 Å². The van der Waals surface area contributed by atoms with Crippen LogP contribution in [0.5, 0.6) is 5.75 Å². The van der Waals surface area contributed by atoms with Gasteiger partial charge in [-0.25, -0.2) is 8.42 Å². The Bertz CT molecular complexity index is 729. The second-order valence-corrected chi connectivity index (χ2v) is 9.19. The van der Waals surface area contributed by atoms with Gasteiger partial charge in [-0.15, -0.1) is 0 Å². The number of rotatable bonds is 3. The maximum absolute atomic E-state index is 13.0. The van der Waals surface area contributed by atoms with Crippen LogP contribution >= 0.6 is 0 Å². The molecule has 0 saturated carbocycles. The number of hydrogen-bond donors (Lipinski definition) is 1. The molecule has 1 aromatic rings. The van der Waals surface area contributed by atoms with E-state index >= 15 is 0 Å². The molecule has 6 nitrogen and oxygen atoms in total. The lowest BCUT2D eigenvalue weighted by Gasteiger charge is -2.39. The van der Waals surface area contributed by atoms with Gasteiger partial charge in [0.25, 0.3) is 0 Å². The third-order valence-electron chi connectivity index (χ3n) is 5.68. The van der Waals surface area contributed by atoms with E-state index in [-0.39, 0.29) is 12.1 Å². The van der Waals surface area contributed by atoms with Gasteiger partial charge in [-0.1, -0.05) is 0 Å². The molecule has 2 saturated heterocycles. The Kier molecular flexibility index (Phi) is 4.75. The van der Waals surface area contributed by atoms with Crippen LogP contribution in [0.25, 0.3) is 0 Å². The summed E-state index contributed by atoms with van der Waals surface area (Å²) >= 11 is 0. The number of hydrogen-bond acceptors (Lipinski definition) is 5. The molecule has 3 aliphatic heterocycles.